The standard InChI is InChI=1S/C18H17F3N6O2S/c19-18(20,21)14-1-3-15(4-2-14)30(28,29)27-11-9-25(10-12-27)16-5-6-17(24-23-16)26-8-7-22-13-26/h1-8,13H,9-12H2. The predicted molar refractivity (Wildman–Crippen MR) is 102 cm³/mol. The van der Waals surface area contributed by atoms with E-state index in [4.69, 9.17) is 0 Å². The molecule has 2 aromatic heterocycles. The number of nitrogens with zero attached hydrogens (tertiary/aromatic N) is 6. The van der Waals surface area contributed by atoms with Crippen LogP contribution >= 0.6 is 0 Å². The molecule has 1 fully saturated rings. The fourth-order valence-electron chi connectivity index (χ4n) is 3.14. The Kier molecular flexibility index (Phi) is 5.20. The van der Waals surface area contributed by atoms with Crippen LogP contribution in [0.1, 0.15) is 5.56 Å². The minimum atomic E-state index is -4.51. The van der Waals surface area contributed by atoms with Gasteiger partial charge in [0, 0.05) is 38.6 Å². The van der Waals surface area contributed by atoms with Crippen LogP contribution in [-0.2, 0) is 16.2 Å². The summed E-state index contributed by atoms with van der Waals surface area (Å²) in [6.07, 6.45) is 0.470. The summed E-state index contributed by atoms with van der Waals surface area (Å²) in [5, 5.41) is 8.34. The van der Waals surface area contributed by atoms with Gasteiger partial charge < -0.3 is 4.90 Å². The highest BCUT2D eigenvalue weighted by molar-refractivity contribution is 7.89. The quantitative estimate of drug-likeness (QED) is 0.621. The Labute approximate surface area is 170 Å². The zero-order valence-corrected chi connectivity index (χ0v) is 16.4. The second kappa shape index (κ2) is 7.69. The lowest BCUT2D eigenvalue weighted by Crippen LogP contribution is -2.49. The molecule has 30 heavy (non-hydrogen) atoms. The van der Waals surface area contributed by atoms with Gasteiger partial charge in [0.05, 0.1) is 10.5 Å². The second-order valence-electron chi connectivity index (χ2n) is 6.63. The van der Waals surface area contributed by atoms with Gasteiger partial charge in [-0.25, -0.2) is 13.4 Å². The number of alkyl halides is 3. The van der Waals surface area contributed by atoms with Crippen molar-refractivity contribution in [3.8, 4) is 5.82 Å². The molecule has 0 N–H and O–H groups in total. The SMILES string of the molecule is O=S(=O)(c1ccc(C(F)(F)F)cc1)N1CCN(c2ccc(-n3ccnc3)nn2)CC1. The van der Waals surface area contributed by atoms with Gasteiger partial charge in [-0.3, -0.25) is 4.57 Å². The third-order valence-electron chi connectivity index (χ3n) is 4.79. The molecular formula is C18H17F3N6O2S. The van der Waals surface area contributed by atoms with E-state index < -0.39 is 21.8 Å². The van der Waals surface area contributed by atoms with Gasteiger partial charge in [0.2, 0.25) is 10.0 Å². The first-order valence-corrected chi connectivity index (χ1v) is 10.4. The molecule has 0 spiro atoms. The van der Waals surface area contributed by atoms with Crippen LogP contribution in [0.25, 0.3) is 5.82 Å². The molecule has 3 heterocycles. The van der Waals surface area contributed by atoms with Crippen LogP contribution in [-0.4, -0.2) is 58.7 Å². The Morgan fingerprint density at radius 3 is 2.03 bits per heavy atom. The zero-order chi connectivity index (χ0) is 21.4. The van der Waals surface area contributed by atoms with E-state index in [1.807, 2.05) is 4.90 Å². The van der Waals surface area contributed by atoms with Gasteiger partial charge in [-0.05, 0) is 36.4 Å². The van der Waals surface area contributed by atoms with E-state index in [-0.39, 0.29) is 18.0 Å². The molecule has 0 saturated carbocycles. The van der Waals surface area contributed by atoms with Crippen LogP contribution in [0.15, 0.2) is 60.0 Å². The Balaban J connectivity index is 1.42. The van der Waals surface area contributed by atoms with Crippen molar-refractivity contribution in [2.45, 2.75) is 11.1 Å². The molecule has 0 bridgehead atoms. The van der Waals surface area contributed by atoms with Crippen LogP contribution in [0.2, 0.25) is 0 Å². The maximum atomic E-state index is 12.8. The maximum absolute atomic E-state index is 12.8. The third-order valence-corrected chi connectivity index (χ3v) is 6.70. The third kappa shape index (κ3) is 4.00. The maximum Gasteiger partial charge on any atom is 0.416 e. The van der Waals surface area contributed by atoms with Gasteiger partial charge in [-0.2, -0.15) is 17.5 Å². The van der Waals surface area contributed by atoms with Crippen molar-refractivity contribution < 1.29 is 21.6 Å². The second-order valence-corrected chi connectivity index (χ2v) is 8.57. The number of imidazole rings is 1. The molecule has 0 radical (unpaired) electrons. The Bertz CT molecular complexity index is 1090. The summed E-state index contributed by atoms with van der Waals surface area (Å²) in [4.78, 5) is 5.70. The molecule has 8 nitrogen and oxygen atoms in total. The lowest BCUT2D eigenvalue weighted by atomic mass is 10.2. The number of anilines is 1. The molecule has 1 aliphatic rings. The molecule has 0 aliphatic carbocycles. The first kappa shape index (κ1) is 20.3. The lowest BCUT2D eigenvalue weighted by molar-refractivity contribution is -0.137. The normalized spacial score (nSPS) is 16.0. The molecular weight excluding hydrogens is 421 g/mol. The number of sulfonamides is 1. The Morgan fingerprint density at radius 2 is 1.50 bits per heavy atom. The highest BCUT2D eigenvalue weighted by Crippen LogP contribution is 2.30. The van der Waals surface area contributed by atoms with E-state index in [1.54, 1.807) is 35.4 Å². The minimum Gasteiger partial charge on any atom is -0.352 e. The first-order valence-electron chi connectivity index (χ1n) is 8.99. The summed E-state index contributed by atoms with van der Waals surface area (Å²) < 4.78 is 66.6. The topological polar surface area (TPSA) is 84.2 Å². The number of hydrogen-bond donors (Lipinski definition) is 0. The molecule has 0 unspecified atom stereocenters. The highest BCUT2D eigenvalue weighted by atomic mass is 32.2. The summed E-state index contributed by atoms with van der Waals surface area (Å²) in [6, 6.07) is 7.12. The van der Waals surface area contributed by atoms with Gasteiger partial charge in [0.15, 0.2) is 11.6 Å². The molecule has 3 aromatic rings. The van der Waals surface area contributed by atoms with E-state index in [0.29, 0.717) is 24.7 Å². The largest absolute Gasteiger partial charge is 0.416 e. The molecule has 0 atom stereocenters. The lowest BCUT2D eigenvalue weighted by Gasteiger charge is -2.34. The van der Waals surface area contributed by atoms with E-state index in [9.17, 15) is 21.6 Å². The number of rotatable bonds is 4. The van der Waals surface area contributed by atoms with Crippen LogP contribution in [0.3, 0.4) is 0 Å². The van der Waals surface area contributed by atoms with Crippen molar-refractivity contribution >= 4 is 15.8 Å². The highest BCUT2D eigenvalue weighted by Gasteiger charge is 2.32. The van der Waals surface area contributed by atoms with Crippen molar-refractivity contribution in [1.82, 2.24) is 24.1 Å². The predicted octanol–water partition coefficient (Wildman–Crippen LogP) is 2.19. The average Bonchev–Trinajstić information content (AvgIpc) is 3.28. The van der Waals surface area contributed by atoms with E-state index in [2.05, 4.69) is 15.2 Å². The van der Waals surface area contributed by atoms with E-state index in [1.165, 1.54) is 4.31 Å². The van der Waals surface area contributed by atoms with Gasteiger partial charge in [0.25, 0.3) is 0 Å². The number of benzene rings is 1. The smallest absolute Gasteiger partial charge is 0.352 e. The summed E-state index contributed by atoms with van der Waals surface area (Å²) in [5.74, 6) is 1.23. The Hall–Kier alpha value is -2.99. The molecule has 12 heteroatoms. The number of hydrogen-bond acceptors (Lipinski definition) is 6. The summed E-state index contributed by atoms with van der Waals surface area (Å²) in [7, 11) is -3.87. The number of aromatic nitrogens is 4. The first-order chi connectivity index (χ1) is 14.2. The Morgan fingerprint density at radius 1 is 0.867 bits per heavy atom. The average molecular weight is 438 g/mol. The van der Waals surface area contributed by atoms with Crippen LogP contribution < -0.4 is 4.90 Å². The van der Waals surface area contributed by atoms with Gasteiger partial charge in [0.1, 0.15) is 6.33 Å². The van der Waals surface area contributed by atoms with Crippen molar-refractivity contribution in [2.75, 3.05) is 31.1 Å². The number of halogens is 3. The summed E-state index contributed by atoms with van der Waals surface area (Å²) in [5.41, 5.74) is -0.885. The van der Waals surface area contributed by atoms with Crippen molar-refractivity contribution in [1.29, 1.82) is 0 Å². The van der Waals surface area contributed by atoms with Crippen molar-refractivity contribution in [3.63, 3.8) is 0 Å². The summed E-state index contributed by atoms with van der Waals surface area (Å²) >= 11 is 0. The van der Waals surface area contributed by atoms with Gasteiger partial charge in [-0.15, -0.1) is 10.2 Å². The molecule has 1 aliphatic heterocycles. The fourth-order valence-corrected chi connectivity index (χ4v) is 4.56. The zero-order valence-electron chi connectivity index (χ0n) is 15.6. The van der Waals surface area contributed by atoms with E-state index in [0.717, 1.165) is 24.3 Å². The number of piperazine rings is 1. The molecule has 0 amide bonds. The van der Waals surface area contributed by atoms with Crippen LogP contribution in [0.5, 0.6) is 0 Å². The molecule has 1 saturated heterocycles. The van der Waals surface area contributed by atoms with Crippen LogP contribution in [0, 0.1) is 0 Å². The van der Waals surface area contributed by atoms with Crippen molar-refractivity contribution in [2.24, 2.45) is 0 Å². The minimum absolute atomic E-state index is 0.159. The molecule has 4 rings (SSSR count). The fraction of sp³-hybridized carbons (Fsp3) is 0.278. The summed E-state index contributed by atoms with van der Waals surface area (Å²) in [6.45, 7) is 1.15. The van der Waals surface area contributed by atoms with Crippen LogP contribution in [0.4, 0.5) is 19.0 Å². The van der Waals surface area contributed by atoms with Gasteiger partial charge in [-0.1, -0.05) is 0 Å². The van der Waals surface area contributed by atoms with Crippen molar-refractivity contribution in [3.05, 3.63) is 60.7 Å². The monoisotopic (exact) mass is 438 g/mol. The van der Waals surface area contributed by atoms with Gasteiger partial charge >= 0.3 is 6.18 Å². The molecule has 158 valence electrons. The van der Waals surface area contributed by atoms with E-state index >= 15 is 0 Å². The molecule has 1 aromatic carbocycles.